The van der Waals surface area contributed by atoms with Gasteiger partial charge in [0.15, 0.2) is 0 Å². The van der Waals surface area contributed by atoms with Crippen molar-refractivity contribution in [2.75, 3.05) is 26.2 Å². The molecule has 78 valence electrons. The van der Waals surface area contributed by atoms with E-state index in [0.717, 1.165) is 6.54 Å². The average molecular weight is 197 g/mol. The van der Waals surface area contributed by atoms with Crippen molar-refractivity contribution in [1.82, 2.24) is 15.5 Å². The normalized spacial score (nSPS) is 16.1. The Morgan fingerprint density at radius 1 is 1.71 bits per heavy atom. The van der Waals surface area contributed by atoms with Gasteiger partial charge in [-0.1, -0.05) is 6.08 Å². The molecule has 0 bridgehead atoms. The van der Waals surface area contributed by atoms with Crippen LogP contribution in [0.4, 0.5) is 4.79 Å². The van der Waals surface area contributed by atoms with Gasteiger partial charge in [0.25, 0.3) is 0 Å². The molecule has 5 heteroatoms. The Balaban J connectivity index is 2.15. The maximum absolute atomic E-state index is 11.1. The van der Waals surface area contributed by atoms with Crippen molar-refractivity contribution in [3.63, 3.8) is 0 Å². The molecule has 5 nitrogen and oxygen atoms in total. The Hall–Kier alpha value is -1.52. The van der Waals surface area contributed by atoms with E-state index in [0.29, 0.717) is 19.6 Å². The molecule has 0 aromatic carbocycles. The van der Waals surface area contributed by atoms with Crippen LogP contribution in [-0.4, -0.2) is 43.0 Å². The lowest BCUT2D eigenvalue weighted by molar-refractivity contribution is -0.116. The smallest absolute Gasteiger partial charge is 0.317 e. The lowest BCUT2D eigenvalue weighted by Gasteiger charge is -2.13. The molecule has 1 aliphatic heterocycles. The first-order chi connectivity index (χ1) is 6.74. The summed E-state index contributed by atoms with van der Waals surface area (Å²) in [5.74, 6) is -0.118. The second-order valence-electron chi connectivity index (χ2n) is 3.01. The Labute approximate surface area is 83.1 Å². The standard InChI is InChI=1S/C9H15N3O2/c1-2-3-8(13)10-4-6-12-7-5-11-9(12)14/h2-3H,4-7H2,1H3,(H,10,13)(H,11,14)/b3-2+. The van der Waals surface area contributed by atoms with E-state index in [9.17, 15) is 9.59 Å². The predicted molar refractivity (Wildman–Crippen MR) is 52.8 cm³/mol. The predicted octanol–water partition coefficient (Wildman–Crippen LogP) is -0.296. The molecule has 1 aliphatic rings. The Bertz CT molecular complexity index is 250. The zero-order valence-corrected chi connectivity index (χ0v) is 8.25. The summed E-state index contributed by atoms with van der Waals surface area (Å²) in [6, 6.07) is -0.0507. The molecule has 0 aromatic heterocycles. The van der Waals surface area contributed by atoms with Crippen LogP contribution in [0, 0.1) is 0 Å². The van der Waals surface area contributed by atoms with Gasteiger partial charge in [-0.25, -0.2) is 4.79 Å². The molecule has 1 heterocycles. The third-order valence-electron chi connectivity index (χ3n) is 1.94. The van der Waals surface area contributed by atoms with Crippen LogP contribution in [-0.2, 0) is 4.79 Å². The van der Waals surface area contributed by atoms with E-state index in [2.05, 4.69) is 10.6 Å². The van der Waals surface area contributed by atoms with Crippen LogP contribution in [0.5, 0.6) is 0 Å². The lowest BCUT2D eigenvalue weighted by atomic mass is 10.4. The molecule has 0 spiro atoms. The highest BCUT2D eigenvalue weighted by molar-refractivity contribution is 5.87. The summed E-state index contributed by atoms with van der Waals surface area (Å²) in [4.78, 5) is 23.7. The van der Waals surface area contributed by atoms with Crippen molar-refractivity contribution in [2.24, 2.45) is 0 Å². The lowest BCUT2D eigenvalue weighted by Crippen LogP contribution is -2.36. The molecular weight excluding hydrogens is 182 g/mol. The van der Waals surface area contributed by atoms with E-state index in [1.807, 2.05) is 0 Å². The van der Waals surface area contributed by atoms with Gasteiger partial charge in [0, 0.05) is 26.2 Å². The minimum absolute atomic E-state index is 0.0507. The van der Waals surface area contributed by atoms with Crippen molar-refractivity contribution >= 4 is 11.9 Å². The van der Waals surface area contributed by atoms with Gasteiger partial charge in [0.1, 0.15) is 0 Å². The molecule has 0 unspecified atom stereocenters. The van der Waals surface area contributed by atoms with Gasteiger partial charge in [-0.2, -0.15) is 0 Å². The highest BCUT2D eigenvalue weighted by Crippen LogP contribution is 1.94. The van der Waals surface area contributed by atoms with Crippen LogP contribution < -0.4 is 10.6 Å². The van der Waals surface area contributed by atoms with Crippen molar-refractivity contribution in [1.29, 1.82) is 0 Å². The zero-order chi connectivity index (χ0) is 10.4. The third-order valence-corrected chi connectivity index (χ3v) is 1.94. The maximum Gasteiger partial charge on any atom is 0.317 e. The number of hydrogen-bond donors (Lipinski definition) is 2. The van der Waals surface area contributed by atoms with Crippen LogP contribution in [0.15, 0.2) is 12.2 Å². The molecule has 0 radical (unpaired) electrons. The Morgan fingerprint density at radius 2 is 2.50 bits per heavy atom. The number of nitrogens with one attached hydrogen (secondary N) is 2. The fourth-order valence-electron chi connectivity index (χ4n) is 1.25. The first-order valence-electron chi connectivity index (χ1n) is 4.67. The first-order valence-corrected chi connectivity index (χ1v) is 4.67. The molecule has 0 aromatic rings. The van der Waals surface area contributed by atoms with E-state index in [1.165, 1.54) is 6.08 Å². The number of carbonyl (C=O) groups is 2. The molecule has 1 saturated heterocycles. The molecule has 0 atom stereocenters. The SMILES string of the molecule is C/C=C/C(=O)NCCN1CCNC1=O. The van der Waals surface area contributed by atoms with Crippen LogP contribution in [0.3, 0.4) is 0 Å². The van der Waals surface area contributed by atoms with E-state index < -0.39 is 0 Å². The summed E-state index contributed by atoms with van der Waals surface area (Å²) in [5.41, 5.74) is 0. The van der Waals surface area contributed by atoms with Crippen LogP contribution in [0.1, 0.15) is 6.92 Å². The van der Waals surface area contributed by atoms with Crippen LogP contribution in [0.25, 0.3) is 0 Å². The minimum atomic E-state index is -0.118. The molecule has 0 aliphatic carbocycles. The van der Waals surface area contributed by atoms with E-state index in [1.54, 1.807) is 17.9 Å². The van der Waals surface area contributed by atoms with Gasteiger partial charge >= 0.3 is 6.03 Å². The molecule has 0 saturated carbocycles. The maximum atomic E-state index is 11.1. The van der Waals surface area contributed by atoms with E-state index >= 15 is 0 Å². The second-order valence-corrected chi connectivity index (χ2v) is 3.01. The molecule has 1 fully saturated rings. The minimum Gasteiger partial charge on any atom is -0.351 e. The zero-order valence-electron chi connectivity index (χ0n) is 8.25. The van der Waals surface area contributed by atoms with Gasteiger partial charge in [-0.15, -0.1) is 0 Å². The van der Waals surface area contributed by atoms with Crippen molar-refractivity contribution in [3.05, 3.63) is 12.2 Å². The summed E-state index contributed by atoms with van der Waals surface area (Å²) >= 11 is 0. The quantitative estimate of drug-likeness (QED) is 0.608. The second kappa shape index (κ2) is 5.26. The highest BCUT2D eigenvalue weighted by atomic mass is 16.2. The van der Waals surface area contributed by atoms with Gasteiger partial charge in [-0.3, -0.25) is 4.79 Å². The topological polar surface area (TPSA) is 61.4 Å². The first kappa shape index (κ1) is 10.6. The summed E-state index contributed by atoms with van der Waals surface area (Å²) in [5, 5.41) is 5.38. The van der Waals surface area contributed by atoms with E-state index in [4.69, 9.17) is 0 Å². The summed E-state index contributed by atoms with van der Waals surface area (Å²) in [6.45, 7) is 4.26. The highest BCUT2D eigenvalue weighted by Gasteiger charge is 2.18. The Morgan fingerprint density at radius 3 is 3.07 bits per heavy atom. The summed E-state index contributed by atoms with van der Waals surface area (Å²) in [7, 11) is 0. The van der Waals surface area contributed by atoms with Crippen molar-refractivity contribution in [2.45, 2.75) is 6.92 Å². The number of urea groups is 1. The van der Waals surface area contributed by atoms with E-state index in [-0.39, 0.29) is 11.9 Å². The summed E-state index contributed by atoms with van der Waals surface area (Å²) in [6.07, 6.45) is 3.14. The van der Waals surface area contributed by atoms with Crippen LogP contribution >= 0.6 is 0 Å². The Kier molecular flexibility index (Phi) is 3.97. The van der Waals surface area contributed by atoms with Gasteiger partial charge < -0.3 is 15.5 Å². The number of amides is 3. The molecule has 3 amide bonds. The van der Waals surface area contributed by atoms with Gasteiger partial charge in [0.2, 0.25) is 5.91 Å². The largest absolute Gasteiger partial charge is 0.351 e. The van der Waals surface area contributed by atoms with Crippen molar-refractivity contribution < 1.29 is 9.59 Å². The molecule has 14 heavy (non-hydrogen) atoms. The van der Waals surface area contributed by atoms with Gasteiger partial charge in [-0.05, 0) is 13.0 Å². The van der Waals surface area contributed by atoms with Gasteiger partial charge in [0.05, 0.1) is 0 Å². The molecular formula is C9H15N3O2. The number of rotatable bonds is 4. The van der Waals surface area contributed by atoms with Crippen molar-refractivity contribution in [3.8, 4) is 0 Å². The van der Waals surface area contributed by atoms with Crippen LogP contribution in [0.2, 0.25) is 0 Å². The molecule has 2 N–H and O–H groups in total. The fourth-order valence-corrected chi connectivity index (χ4v) is 1.25. The number of carbonyl (C=O) groups excluding carboxylic acids is 2. The monoisotopic (exact) mass is 197 g/mol. The average Bonchev–Trinajstić information content (AvgIpc) is 2.52. The third kappa shape index (κ3) is 3.08. The number of nitrogens with zero attached hydrogens (tertiary/aromatic N) is 1. The number of hydrogen-bond acceptors (Lipinski definition) is 2. The fraction of sp³-hybridized carbons (Fsp3) is 0.556. The molecule has 1 rings (SSSR count). The summed E-state index contributed by atoms with van der Waals surface area (Å²) < 4.78 is 0. The number of allylic oxidation sites excluding steroid dienone is 1.